The van der Waals surface area contributed by atoms with Gasteiger partial charge in [0.1, 0.15) is 5.82 Å². The predicted molar refractivity (Wildman–Crippen MR) is 76.3 cm³/mol. The Morgan fingerprint density at radius 3 is 3.11 bits per heavy atom. The number of likely N-dealkylation sites (tertiary alicyclic amines) is 1. The largest absolute Gasteiger partial charge is 0.373 e. The smallest absolute Gasteiger partial charge is 0.236 e. The van der Waals surface area contributed by atoms with Crippen molar-refractivity contribution >= 4 is 11.7 Å². The van der Waals surface area contributed by atoms with E-state index >= 15 is 0 Å². The number of piperidine rings is 1. The maximum absolute atomic E-state index is 11.9. The van der Waals surface area contributed by atoms with Gasteiger partial charge < -0.3 is 15.5 Å². The summed E-state index contributed by atoms with van der Waals surface area (Å²) >= 11 is 0. The Bertz CT molecular complexity index is 435. The van der Waals surface area contributed by atoms with Crippen molar-refractivity contribution in [2.45, 2.75) is 18.8 Å². The minimum absolute atomic E-state index is 0.190. The van der Waals surface area contributed by atoms with Crippen molar-refractivity contribution in [3.8, 4) is 0 Å². The zero-order valence-corrected chi connectivity index (χ0v) is 11.6. The number of likely N-dealkylation sites (N-methyl/N-ethyl adjacent to an activating group) is 1. The van der Waals surface area contributed by atoms with E-state index in [4.69, 9.17) is 0 Å². The maximum atomic E-state index is 11.9. The summed E-state index contributed by atoms with van der Waals surface area (Å²) in [7, 11) is 3.68. The van der Waals surface area contributed by atoms with Gasteiger partial charge in [-0.3, -0.25) is 4.79 Å². The van der Waals surface area contributed by atoms with Crippen molar-refractivity contribution in [2.24, 2.45) is 0 Å². The van der Waals surface area contributed by atoms with E-state index < -0.39 is 0 Å². The summed E-state index contributed by atoms with van der Waals surface area (Å²) < 4.78 is 0. The summed E-state index contributed by atoms with van der Waals surface area (Å²) in [5.41, 5.74) is 1.27. The van der Waals surface area contributed by atoms with Crippen LogP contribution in [0.2, 0.25) is 0 Å². The van der Waals surface area contributed by atoms with Crippen LogP contribution < -0.4 is 10.6 Å². The lowest BCUT2D eigenvalue weighted by molar-refractivity contribution is -0.131. The van der Waals surface area contributed by atoms with Gasteiger partial charge in [-0.25, -0.2) is 4.98 Å². The van der Waals surface area contributed by atoms with E-state index in [1.807, 2.05) is 18.1 Å². The third kappa shape index (κ3) is 3.44. The molecule has 0 aromatic carbocycles. The molecule has 104 valence electrons. The number of amides is 1. The summed E-state index contributed by atoms with van der Waals surface area (Å²) in [6.45, 7) is 2.11. The van der Waals surface area contributed by atoms with E-state index in [1.54, 1.807) is 7.05 Å². The van der Waals surface area contributed by atoms with Gasteiger partial charge in [0.25, 0.3) is 0 Å². The van der Waals surface area contributed by atoms with E-state index in [1.165, 1.54) is 5.56 Å². The first kappa shape index (κ1) is 13.8. The van der Waals surface area contributed by atoms with Crippen LogP contribution in [0.25, 0.3) is 0 Å². The number of nitrogens with one attached hydrogen (secondary N) is 2. The van der Waals surface area contributed by atoms with Crippen molar-refractivity contribution in [1.29, 1.82) is 0 Å². The van der Waals surface area contributed by atoms with E-state index in [9.17, 15) is 4.79 Å². The highest BCUT2D eigenvalue weighted by Gasteiger charge is 2.24. The number of aromatic nitrogens is 1. The van der Waals surface area contributed by atoms with Crippen molar-refractivity contribution in [1.82, 2.24) is 15.2 Å². The number of carbonyl (C=O) groups is 1. The average Bonchev–Trinajstić information content (AvgIpc) is 2.48. The molecule has 0 bridgehead atoms. The van der Waals surface area contributed by atoms with Crippen LogP contribution in [-0.2, 0) is 4.79 Å². The Morgan fingerprint density at radius 1 is 1.53 bits per heavy atom. The number of pyridine rings is 1. The van der Waals surface area contributed by atoms with Crippen LogP contribution in [0.15, 0.2) is 18.3 Å². The number of nitrogens with zero attached hydrogens (tertiary/aromatic N) is 2. The summed E-state index contributed by atoms with van der Waals surface area (Å²) in [4.78, 5) is 18.1. The molecule has 1 aliphatic rings. The first-order chi connectivity index (χ1) is 9.24. The molecule has 0 saturated carbocycles. The number of rotatable bonds is 4. The molecule has 1 saturated heterocycles. The molecule has 5 nitrogen and oxygen atoms in total. The number of anilines is 1. The van der Waals surface area contributed by atoms with Crippen LogP contribution in [0.4, 0.5) is 5.82 Å². The van der Waals surface area contributed by atoms with Crippen LogP contribution in [0.5, 0.6) is 0 Å². The quantitative estimate of drug-likeness (QED) is 0.851. The Balaban J connectivity index is 2.05. The second-order valence-corrected chi connectivity index (χ2v) is 4.93. The van der Waals surface area contributed by atoms with Crippen molar-refractivity contribution in [3.63, 3.8) is 0 Å². The van der Waals surface area contributed by atoms with Crippen molar-refractivity contribution < 1.29 is 4.79 Å². The van der Waals surface area contributed by atoms with Gasteiger partial charge in [0.2, 0.25) is 5.91 Å². The topological polar surface area (TPSA) is 57.3 Å². The Morgan fingerprint density at radius 2 is 2.37 bits per heavy atom. The fourth-order valence-corrected chi connectivity index (χ4v) is 2.58. The molecule has 1 aliphatic heterocycles. The van der Waals surface area contributed by atoms with Gasteiger partial charge in [0.05, 0.1) is 6.54 Å². The van der Waals surface area contributed by atoms with Gasteiger partial charge in [0, 0.05) is 32.3 Å². The second kappa shape index (κ2) is 6.52. The molecule has 19 heavy (non-hydrogen) atoms. The van der Waals surface area contributed by atoms with Crippen molar-refractivity contribution in [3.05, 3.63) is 23.9 Å². The minimum atomic E-state index is 0.190. The molecule has 2 N–H and O–H groups in total. The SMILES string of the molecule is CNCC(=O)N1CCC[C@H](c2ccnc(NC)c2)C1. The summed E-state index contributed by atoms with van der Waals surface area (Å²) in [6, 6.07) is 4.13. The van der Waals surface area contributed by atoms with Crippen LogP contribution in [0, 0.1) is 0 Å². The highest BCUT2D eigenvalue weighted by Crippen LogP contribution is 2.27. The minimum Gasteiger partial charge on any atom is -0.373 e. The van der Waals surface area contributed by atoms with Gasteiger partial charge in [-0.1, -0.05) is 0 Å². The van der Waals surface area contributed by atoms with Crippen LogP contribution >= 0.6 is 0 Å². The molecule has 1 amide bonds. The summed E-state index contributed by atoms with van der Waals surface area (Å²) in [5.74, 6) is 1.50. The monoisotopic (exact) mass is 262 g/mol. The second-order valence-electron chi connectivity index (χ2n) is 4.93. The molecule has 0 radical (unpaired) electrons. The zero-order chi connectivity index (χ0) is 13.7. The lowest BCUT2D eigenvalue weighted by Gasteiger charge is -2.33. The molecule has 5 heteroatoms. The first-order valence-electron chi connectivity index (χ1n) is 6.80. The highest BCUT2D eigenvalue weighted by molar-refractivity contribution is 5.78. The molecule has 2 heterocycles. The molecular weight excluding hydrogens is 240 g/mol. The van der Waals surface area contributed by atoms with Gasteiger partial charge in [-0.15, -0.1) is 0 Å². The first-order valence-corrected chi connectivity index (χ1v) is 6.80. The summed E-state index contributed by atoms with van der Waals surface area (Å²) in [6.07, 6.45) is 4.03. The molecule has 1 fully saturated rings. The molecule has 2 rings (SSSR count). The summed E-state index contributed by atoms with van der Waals surface area (Å²) in [5, 5.41) is 5.99. The van der Waals surface area contributed by atoms with Gasteiger partial charge >= 0.3 is 0 Å². The average molecular weight is 262 g/mol. The lowest BCUT2D eigenvalue weighted by Crippen LogP contribution is -2.42. The normalized spacial score (nSPS) is 19.3. The lowest BCUT2D eigenvalue weighted by atomic mass is 9.91. The standard InChI is InChI=1S/C14H22N4O/c1-15-9-14(19)18-7-3-4-12(10-18)11-5-6-17-13(8-11)16-2/h5-6,8,12,15H,3-4,7,9-10H2,1-2H3,(H,16,17)/t12-/m0/s1. The van der Waals surface area contributed by atoms with Crippen molar-refractivity contribution in [2.75, 3.05) is 39.0 Å². The Hall–Kier alpha value is -1.62. The molecular formula is C14H22N4O. The Labute approximate surface area is 114 Å². The maximum Gasteiger partial charge on any atom is 0.236 e. The predicted octanol–water partition coefficient (Wildman–Crippen LogP) is 1.05. The molecule has 0 unspecified atom stereocenters. The number of hydrogen-bond donors (Lipinski definition) is 2. The van der Waals surface area contributed by atoms with E-state index in [0.717, 1.165) is 31.7 Å². The van der Waals surface area contributed by atoms with Gasteiger partial charge in [-0.2, -0.15) is 0 Å². The molecule has 1 aromatic rings. The Kier molecular flexibility index (Phi) is 4.74. The van der Waals surface area contributed by atoms with E-state index in [2.05, 4.69) is 27.8 Å². The van der Waals surface area contributed by atoms with E-state index in [-0.39, 0.29) is 5.91 Å². The van der Waals surface area contributed by atoms with Gasteiger partial charge in [0.15, 0.2) is 0 Å². The molecule has 0 spiro atoms. The van der Waals surface area contributed by atoms with Crippen LogP contribution in [0.1, 0.15) is 24.3 Å². The fraction of sp³-hybridized carbons (Fsp3) is 0.571. The highest BCUT2D eigenvalue weighted by atomic mass is 16.2. The number of carbonyl (C=O) groups excluding carboxylic acids is 1. The third-order valence-electron chi connectivity index (χ3n) is 3.61. The van der Waals surface area contributed by atoms with Crippen LogP contribution in [0.3, 0.4) is 0 Å². The molecule has 1 atom stereocenters. The van der Waals surface area contributed by atoms with E-state index in [0.29, 0.717) is 12.5 Å². The molecule has 1 aromatic heterocycles. The number of hydrogen-bond acceptors (Lipinski definition) is 4. The zero-order valence-electron chi connectivity index (χ0n) is 11.6. The van der Waals surface area contributed by atoms with Crippen LogP contribution in [-0.4, -0.2) is 49.5 Å². The van der Waals surface area contributed by atoms with Gasteiger partial charge in [-0.05, 0) is 37.6 Å². The molecule has 0 aliphatic carbocycles. The third-order valence-corrected chi connectivity index (χ3v) is 3.61. The fourth-order valence-electron chi connectivity index (χ4n) is 2.58.